The molecule has 0 spiro atoms. The highest BCUT2D eigenvalue weighted by Crippen LogP contribution is 2.34. The molecule has 2 aromatic heterocycles. The fourth-order valence-corrected chi connectivity index (χ4v) is 3.03. The Morgan fingerprint density at radius 1 is 1.17 bits per heavy atom. The van der Waals surface area contributed by atoms with E-state index in [1.165, 1.54) is 6.07 Å². The molecule has 0 unspecified atom stereocenters. The van der Waals surface area contributed by atoms with E-state index in [-0.39, 0.29) is 5.56 Å². The molecule has 7 heteroatoms. The second-order valence-electron chi connectivity index (χ2n) is 5.53. The highest BCUT2D eigenvalue weighted by atomic mass is 35.5. The molecule has 0 fully saturated rings. The number of hydrogen-bond donors (Lipinski definition) is 0. The lowest BCUT2D eigenvalue weighted by Gasteiger charge is -2.09. The van der Waals surface area contributed by atoms with E-state index in [9.17, 15) is 8.78 Å². The second-order valence-corrected chi connectivity index (χ2v) is 6.35. The molecule has 0 amide bonds. The van der Waals surface area contributed by atoms with Gasteiger partial charge in [-0.25, -0.2) is 18.4 Å². The molecule has 2 heterocycles. The lowest BCUT2D eigenvalue weighted by atomic mass is 10.1. The summed E-state index contributed by atoms with van der Waals surface area (Å²) in [5.74, 6) is 0. The van der Waals surface area contributed by atoms with E-state index in [0.29, 0.717) is 44.6 Å². The summed E-state index contributed by atoms with van der Waals surface area (Å²) in [7, 11) is 0. The Bertz CT molecular complexity index is 906. The molecule has 24 heavy (non-hydrogen) atoms. The lowest BCUT2D eigenvalue weighted by molar-refractivity contribution is 0.153. The third kappa shape index (κ3) is 2.98. The third-order valence-corrected chi connectivity index (χ3v) is 4.53. The number of benzene rings is 1. The number of pyridine rings is 1. The summed E-state index contributed by atoms with van der Waals surface area (Å²) in [6.07, 6.45) is -1.78. The molecule has 0 aliphatic rings. The zero-order valence-corrected chi connectivity index (χ0v) is 14.7. The molecular weight excluding hydrogens is 355 g/mol. The first-order chi connectivity index (χ1) is 11.4. The Kier molecular flexibility index (Phi) is 4.74. The van der Waals surface area contributed by atoms with Crippen molar-refractivity contribution in [3.8, 4) is 11.3 Å². The van der Waals surface area contributed by atoms with Gasteiger partial charge in [-0.2, -0.15) is 5.10 Å². The van der Waals surface area contributed by atoms with E-state index in [1.54, 1.807) is 29.8 Å². The minimum Gasteiger partial charge on any atom is -0.247 e. The van der Waals surface area contributed by atoms with Crippen LogP contribution in [0.25, 0.3) is 22.3 Å². The monoisotopic (exact) mass is 369 g/mol. The van der Waals surface area contributed by atoms with Crippen LogP contribution in [0.2, 0.25) is 10.0 Å². The van der Waals surface area contributed by atoms with Crippen LogP contribution >= 0.6 is 23.2 Å². The number of aryl methyl sites for hydroxylation is 2. The Hall–Kier alpha value is -1.72. The highest BCUT2D eigenvalue weighted by molar-refractivity contribution is 6.42. The molecule has 0 bridgehead atoms. The normalized spacial score (nSPS) is 11.6. The average Bonchev–Trinajstić information content (AvgIpc) is 2.86. The summed E-state index contributed by atoms with van der Waals surface area (Å²) in [4.78, 5) is 4.56. The quantitative estimate of drug-likeness (QED) is 0.559. The molecular formula is C17H15Cl2F2N3. The number of nitrogens with zero attached hydrogens (tertiary/aromatic N) is 3. The van der Waals surface area contributed by atoms with Gasteiger partial charge < -0.3 is 0 Å². The molecule has 126 valence electrons. The number of aromatic nitrogens is 3. The molecule has 3 aromatic rings. The Balaban J connectivity index is 2.29. The number of alkyl halides is 2. The molecule has 0 radical (unpaired) electrons. The number of fused-ring (bicyclic) bond motifs is 1. The van der Waals surface area contributed by atoms with Gasteiger partial charge in [0.1, 0.15) is 0 Å². The fraction of sp³-hybridized carbons (Fsp3) is 0.294. The number of rotatable bonds is 4. The van der Waals surface area contributed by atoms with Crippen LogP contribution in [-0.4, -0.2) is 14.8 Å². The van der Waals surface area contributed by atoms with Crippen molar-refractivity contribution in [2.24, 2.45) is 0 Å². The van der Waals surface area contributed by atoms with E-state index < -0.39 is 6.43 Å². The molecule has 0 N–H and O–H groups in total. The highest BCUT2D eigenvalue weighted by Gasteiger charge is 2.21. The first-order valence-corrected chi connectivity index (χ1v) is 8.29. The SMILES string of the molecule is CCCn1nc(C)c2c(C(F)F)cc(-c3ccc(Cl)c(Cl)c3)nc21. The van der Waals surface area contributed by atoms with Crippen LogP contribution in [0.5, 0.6) is 0 Å². The van der Waals surface area contributed by atoms with Gasteiger partial charge in [0.25, 0.3) is 6.43 Å². The van der Waals surface area contributed by atoms with Gasteiger partial charge in [0.2, 0.25) is 0 Å². The van der Waals surface area contributed by atoms with Crippen LogP contribution < -0.4 is 0 Å². The van der Waals surface area contributed by atoms with Crippen molar-refractivity contribution in [2.45, 2.75) is 33.2 Å². The fourth-order valence-electron chi connectivity index (χ4n) is 2.73. The number of halogens is 4. The zero-order chi connectivity index (χ0) is 17.4. The van der Waals surface area contributed by atoms with Crippen molar-refractivity contribution in [2.75, 3.05) is 0 Å². The van der Waals surface area contributed by atoms with Crippen molar-refractivity contribution in [3.05, 3.63) is 45.6 Å². The Morgan fingerprint density at radius 3 is 2.54 bits per heavy atom. The van der Waals surface area contributed by atoms with Crippen molar-refractivity contribution >= 4 is 34.2 Å². The number of hydrogen-bond acceptors (Lipinski definition) is 2. The molecule has 3 nitrogen and oxygen atoms in total. The topological polar surface area (TPSA) is 30.7 Å². The summed E-state index contributed by atoms with van der Waals surface area (Å²) < 4.78 is 28.9. The van der Waals surface area contributed by atoms with Crippen LogP contribution in [-0.2, 0) is 6.54 Å². The molecule has 3 rings (SSSR count). The van der Waals surface area contributed by atoms with E-state index in [1.807, 2.05) is 6.92 Å². The minimum absolute atomic E-state index is 0.0686. The largest absolute Gasteiger partial charge is 0.264 e. The first-order valence-electron chi connectivity index (χ1n) is 7.54. The van der Waals surface area contributed by atoms with Gasteiger partial charge in [-0.15, -0.1) is 0 Å². The minimum atomic E-state index is -2.62. The van der Waals surface area contributed by atoms with Gasteiger partial charge in [0.05, 0.1) is 26.8 Å². The molecule has 1 aromatic carbocycles. The average molecular weight is 370 g/mol. The first kappa shape index (κ1) is 17.1. The van der Waals surface area contributed by atoms with Crippen LogP contribution in [0.15, 0.2) is 24.3 Å². The van der Waals surface area contributed by atoms with Gasteiger partial charge in [0, 0.05) is 17.7 Å². The summed E-state index contributed by atoms with van der Waals surface area (Å²) in [6.45, 7) is 4.34. The van der Waals surface area contributed by atoms with Crippen molar-refractivity contribution in [1.29, 1.82) is 0 Å². The predicted octanol–water partition coefficient (Wildman–Crippen LogP) is 6.06. The Labute approximate surface area is 148 Å². The van der Waals surface area contributed by atoms with E-state index in [0.717, 1.165) is 6.42 Å². The summed E-state index contributed by atoms with van der Waals surface area (Å²) in [5, 5.41) is 5.54. The van der Waals surface area contributed by atoms with Crippen molar-refractivity contribution < 1.29 is 8.78 Å². The lowest BCUT2D eigenvalue weighted by Crippen LogP contribution is -2.01. The van der Waals surface area contributed by atoms with Gasteiger partial charge in [-0.05, 0) is 31.5 Å². The van der Waals surface area contributed by atoms with Crippen LogP contribution in [0.3, 0.4) is 0 Å². The molecule has 0 aliphatic heterocycles. The van der Waals surface area contributed by atoms with Gasteiger partial charge in [-0.1, -0.05) is 36.2 Å². The maximum Gasteiger partial charge on any atom is 0.264 e. The third-order valence-electron chi connectivity index (χ3n) is 3.79. The molecule has 0 saturated carbocycles. The van der Waals surface area contributed by atoms with Crippen LogP contribution in [0.4, 0.5) is 8.78 Å². The summed E-state index contributed by atoms with van der Waals surface area (Å²) >= 11 is 12.0. The Morgan fingerprint density at radius 2 is 1.92 bits per heavy atom. The molecule has 0 atom stereocenters. The van der Waals surface area contributed by atoms with E-state index >= 15 is 0 Å². The maximum atomic E-state index is 13.6. The van der Waals surface area contributed by atoms with Gasteiger partial charge >= 0.3 is 0 Å². The van der Waals surface area contributed by atoms with Crippen molar-refractivity contribution in [1.82, 2.24) is 14.8 Å². The van der Waals surface area contributed by atoms with E-state index in [2.05, 4.69) is 10.1 Å². The molecule has 0 saturated heterocycles. The van der Waals surface area contributed by atoms with Gasteiger partial charge in [-0.3, -0.25) is 0 Å². The van der Waals surface area contributed by atoms with Crippen LogP contribution in [0, 0.1) is 6.92 Å². The smallest absolute Gasteiger partial charge is 0.247 e. The molecule has 0 aliphatic carbocycles. The maximum absolute atomic E-state index is 13.6. The second kappa shape index (κ2) is 6.65. The van der Waals surface area contributed by atoms with Crippen molar-refractivity contribution in [3.63, 3.8) is 0 Å². The van der Waals surface area contributed by atoms with Gasteiger partial charge in [0.15, 0.2) is 5.65 Å². The summed E-state index contributed by atoms with van der Waals surface area (Å²) in [5.41, 5.74) is 2.01. The van der Waals surface area contributed by atoms with Crippen LogP contribution in [0.1, 0.15) is 31.0 Å². The standard InChI is InChI=1S/C17H15Cl2F2N3/c1-3-6-24-17-15(9(2)23-24)11(16(20)21)8-14(22-17)10-4-5-12(18)13(19)7-10/h4-5,7-8,16H,3,6H2,1-2H3. The summed E-state index contributed by atoms with van der Waals surface area (Å²) in [6, 6.07) is 6.37. The predicted molar refractivity (Wildman–Crippen MR) is 93.0 cm³/mol. The zero-order valence-electron chi connectivity index (χ0n) is 13.2. The van der Waals surface area contributed by atoms with E-state index in [4.69, 9.17) is 23.2 Å².